The number of hydrogen-bond donors (Lipinski definition) is 2. The minimum absolute atomic E-state index is 0.107. The Labute approximate surface area is 98.4 Å². The van der Waals surface area contributed by atoms with E-state index < -0.39 is 5.54 Å². The van der Waals surface area contributed by atoms with Crippen LogP contribution >= 0.6 is 11.6 Å². The maximum atomic E-state index is 11.9. The molecule has 1 fully saturated rings. The summed E-state index contributed by atoms with van der Waals surface area (Å²) in [5.41, 5.74) is 5.25. The molecule has 0 aliphatic heterocycles. The van der Waals surface area contributed by atoms with Crippen LogP contribution in [0.15, 0.2) is 12.3 Å². The summed E-state index contributed by atoms with van der Waals surface area (Å²) in [6, 6.07) is 1.59. The van der Waals surface area contributed by atoms with Crippen molar-refractivity contribution < 1.29 is 4.79 Å². The molecule has 1 heterocycles. The van der Waals surface area contributed by atoms with Crippen molar-refractivity contribution in [2.45, 2.75) is 31.2 Å². The topological polar surface area (TPSA) is 80.9 Å². The summed E-state index contributed by atoms with van der Waals surface area (Å²) in [4.78, 5) is 19.5. The smallest absolute Gasteiger partial charge is 0.245 e. The molecule has 16 heavy (non-hydrogen) atoms. The van der Waals surface area contributed by atoms with Gasteiger partial charge in [0.1, 0.15) is 5.82 Å². The van der Waals surface area contributed by atoms with Crippen LogP contribution in [-0.4, -0.2) is 21.4 Å². The molecule has 0 aromatic carbocycles. The minimum Gasteiger partial charge on any atom is -0.317 e. The number of nitrogens with zero attached hydrogens (tertiary/aromatic N) is 2. The summed E-state index contributed by atoms with van der Waals surface area (Å²) in [6.45, 7) is 0. The van der Waals surface area contributed by atoms with Gasteiger partial charge in [-0.1, -0.05) is 12.8 Å². The van der Waals surface area contributed by atoms with E-state index in [0.29, 0.717) is 5.82 Å². The fraction of sp³-hybridized carbons (Fsp3) is 0.500. The molecule has 1 amide bonds. The Morgan fingerprint density at radius 3 is 2.81 bits per heavy atom. The number of halogens is 1. The number of carbonyl (C=O) groups excluding carboxylic acids is 1. The Morgan fingerprint density at radius 1 is 1.50 bits per heavy atom. The van der Waals surface area contributed by atoms with E-state index >= 15 is 0 Å². The van der Waals surface area contributed by atoms with Gasteiger partial charge in [0.25, 0.3) is 0 Å². The van der Waals surface area contributed by atoms with E-state index in [2.05, 4.69) is 15.3 Å². The summed E-state index contributed by atoms with van der Waals surface area (Å²) >= 11 is 5.62. The van der Waals surface area contributed by atoms with E-state index in [1.54, 1.807) is 6.07 Å². The van der Waals surface area contributed by atoms with Crippen molar-refractivity contribution in [3.63, 3.8) is 0 Å². The number of nitrogens with two attached hydrogens (primary N) is 1. The maximum absolute atomic E-state index is 11.9. The second-order valence-corrected chi connectivity index (χ2v) is 4.37. The van der Waals surface area contributed by atoms with Crippen LogP contribution < -0.4 is 11.1 Å². The molecule has 86 valence electrons. The molecule has 2 rings (SSSR count). The van der Waals surface area contributed by atoms with E-state index in [1.807, 2.05) is 0 Å². The Kier molecular flexibility index (Phi) is 3.07. The number of carbonyl (C=O) groups is 1. The van der Waals surface area contributed by atoms with E-state index in [0.717, 1.165) is 25.7 Å². The first kappa shape index (κ1) is 11.3. The first-order valence-electron chi connectivity index (χ1n) is 5.19. The zero-order valence-electron chi connectivity index (χ0n) is 8.74. The lowest BCUT2D eigenvalue weighted by molar-refractivity contribution is -0.121. The van der Waals surface area contributed by atoms with Gasteiger partial charge < -0.3 is 11.1 Å². The molecule has 5 nitrogen and oxygen atoms in total. The monoisotopic (exact) mass is 240 g/mol. The highest BCUT2D eigenvalue weighted by atomic mass is 35.5. The van der Waals surface area contributed by atoms with Crippen molar-refractivity contribution in [2.75, 3.05) is 5.32 Å². The van der Waals surface area contributed by atoms with E-state index in [4.69, 9.17) is 17.3 Å². The van der Waals surface area contributed by atoms with Gasteiger partial charge in [-0.05, 0) is 30.5 Å². The second kappa shape index (κ2) is 4.35. The fourth-order valence-corrected chi connectivity index (χ4v) is 2.03. The van der Waals surface area contributed by atoms with Gasteiger partial charge in [0.05, 0.1) is 5.54 Å². The van der Waals surface area contributed by atoms with Crippen LogP contribution in [0.4, 0.5) is 5.82 Å². The van der Waals surface area contributed by atoms with E-state index in [1.165, 1.54) is 6.20 Å². The van der Waals surface area contributed by atoms with Crippen LogP contribution in [0, 0.1) is 0 Å². The van der Waals surface area contributed by atoms with Gasteiger partial charge in [-0.15, -0.1) is 0 Å². The van der Waals surface area contributed by atoms with Gasteiger partial charge >= 0.3 is 0 Å². The summed E-state index contributed by atoms with van der Waals surface area (Å²) in [5, 5.41) is 2.77. The summed E-state index contributed by atoms with van der Waals surface area (Å²) in [6.07, 6.45) is 4.92. The molecule has 0 radical (unpaired) electrons. The molecule has 1 aromatic heterocycles. The average molecular weight is 241 g/mol. The minimum atomic E-state index is -0.753. The lowest BCUT2D eigenvalue weighted by Crippen LogP contribution is -2.48. The molecule has 1 aliphatic rings. The van der Waals surface area contributed by atoms with Crippen molar-refractivity contribution >= 4 is 23.3 Å². The van der Waals surface area contributed by atoms with Crippen LogP contribution in [0.3, 0.4) is 0 Å². The molecule has 0 unspecified atom stereocenters. The predicted molar refractivity (Wildman–Crippen MR) is 61.1 cm³/mol. The van der Waals surface area contributed by atoms with Crippen LogP contribution in [0.1, 0.15) is 25.7 Å². The van der Waals surface area contributed by atoms with Crippen molar-refractivity contribution in [2.24, 2.45) is 5.73 Å². The zero-order valence-corrected chi connectivity index (χ0v) is 9.50. The van der Waals surface area contributed by atoms with Gasteiger partial charge in [0, 0.05) is 6.20 Å². The highest BCUT2D eigenvalue weighted by molar-refractivity contribution is 6.28. The molecular formula is C10H13ClN4O. The van der Waals surface area contributed by atoms with Gasteiger partial charge in [-0.25, -0.2) is 9.97 Å². The molecule has 1 aliphatic carbocycles. The number of rotatable bonds is 2. The van der Waals surface area contributed by atoms with Crippen LogP contribution in [-0.2, 0) is 4.79 Å². The van der Waals surface area contributed by atoms with Crippen LogP contribution in [0.5, 0.6) is 0 Å². The Morgan fingerprint density at radius 2 is 2.19 bits per heavy atom. The molecule has 6 heteroatoms. The normalized spacial score (nSPS) is 18.4. The molecule has 0 bridgehead atoms. The third-order valence-corrected chi connectivity index (χ3v) is 3.00. The Balaban J connectivity index is 2.07. The lowest BCUT2D eigenvalue weighted by Gasteiger charge is -2.21. The quantitative estimate of drug-likeness (QED) is 0.765. The van der Waals surface area contributed by atoms with Crippen molar-refractivity contribution in [1.82, 2.24) is 9.97 Å². The molecule has 0 saturated heterocycles. The van der Waals surface area contributed by atoms with E-state index in [9.17, 15) is 4.79 Å². The lowest BCUT2D eigenvalue weighted by atomic mass is 9.98. The van der Waals surface area contributed by atoms with Gasteiger partial charge in [-0.3, -0.25) is 4.79 Å². The van der Waals surface area contributed by atoms with Gasteiger partial charge in [0.15, 0.2) is 0 Å². The molecule has 3 N–H and O–H groups in total. The highest BCUT2D eigenvalue weighted by Gasteiger charge is 2.37. The molecule has 1 saturated carbocycles. The third kappa shape index (κ3) is 2.31. The number of anilines is 1. The average Bonchev–Trinajstić information content (AvgIpc) is 2.66. The first-order chi connectivity index (χ1) is 7.60. The summed E-state index contributed by atoms with van der Waals surface area (Å²) in [7, 11) is 0. The highest BCUT2D eigenvalue weighted by Crippen LogP contribution is 2.28. The van der Waals surface area contributed by atoms with Crippen molar-refractivity contribution in [3.05, 3.63) is 17.5 Å². The molecular weight excluding hydrogens is 228 g/mol. The molecule has 0 spiro atoms. The fourth-order valence-electron chi connectivity index (χ4n) is 1.88. The largest absolute Gasteiger partial charge is 0.317 e. The summed E-state index contributed by atoms with van der Waals surface area (Å²) < 4.78 is 0. The maximum Gasteiger partial charge on any atom is 0.245 e. The van der Waals surface area contributed by atoms with Crippen molar-refractivity contribution in [3.8, 4) is 0 Å². The number of amides is 1. The first-order valence-corrected chi connectivity index (χ1v) is 5.57. The number of nitrogens with one attached hydrogen (secondary N) is 1. The Hall–Kier alpha value is -1.20. The van der Waals surface area contributed by atoms with Crippen molar-refractivity contribution in [1.29, 1.82) is 0 Å². The summed E-state index contributed by atoms with van der Waals surface area (Å²) in [5.74, 6) is 0.196. The molecule has 0 atom stereocenters. The third-order valence-electron chi connectivity index (χ3n) is 2.82. The van der Waals surface area contributed by atoms with E-state index in [-0.39, 0.29) is 11.2 Å². The van der Waals surface area contributed by atoms with Gasteiger partial charge in [0.2, 0.25) is 11.2 Å². The van der Waals surface area contributed by atoms with Crippen LogP contribution in [0.2, 0.25) is 5.28 Å². The Bertz CT molecular complexity index is 404. The second-order valence-electron chi connectivity index (χ2n) is 4.03. The van der Waals surface area contributed by atoms with Gasteiger partial charge in [-0.2, -0.15) is 0 Å². The zero-order chi connectivity index (χ0) is 11.6. The number of aromatic nitrogens is 2. The van der Waals surface area contributed by atoms with Crippen LogP contribution in [0.25, 0.3) is 0 Å². The predicted octanol–water partition coefficient (Wildman–Crippen LogP) is 1.34. The molecule has 1 aromatic rings. The standard InChI is InChI=1S/C10H13ClN4O/c11-9-13-6-3-7(15-9)14-8(16)10(12)4-1-2-5-10/h3,6H,1-2,4-5,12H2,(H,13,14,15,16). The number of hydrogen-bond acceptors (Lipinski definition) is 4. The SMILES string of the molecule is NC1(C(=O)Nc2ccnc(Cl)n2)CCCC1.